The van der Waals surface area contributed by atoms with E-state index in [9.17, 15) is 9.59 Å². The van der Waals surface area contributed by atoms with Gasteiger partial charge < -0.3 is 10.6 Å². The van der Waals surface area contributed by atoms with Crippen molar-refractivity contribution in [1.82, 2.24) is 5.32 Å². The smallest absolute Gasteiger partial charge is 0.228 e. The van der Waals surface area contributed by atoms with Crippen LogP contribution in [0.2, 0.25) is 10.0 Å². The number of carbonyl (C=O) groups excluding carboxylic acids is 2. The Labute approximate surface area is 127 Å². The van der Waals surface area contributed by atoms with E-state index in [1.54, 1.807) is 18.2 Å². The van der Waals surface area contributed by atoms with E-state index in [0.717, 1.165) is 0 Å². The summed E-state index contributed by atoms with van der Waals surface area (Å²) < 4.78 is 0. The molecule has 1 aromatic rings. The lowest BCUT2D eigenvalue weighted by molar-refractivity contribution is -0.125. The second kappa shape index (κ2) is 6.02. The zero-order valence-corrected chi connectivity index (χ0v) is 12.8. The van der Waals surface area contributed by atoms with Crippen LogP contribution in [0.5, 0.6) is 0 Å². The van der Waals surface area contributed by atoms with Gasteiger partial charge in [-0.15, -0.1) is 0 Å². The van der Waals surface area contributed by atoms with E-state index in [1.807, 2.05) is 13.8 Å². The molecule has 6 heteroatoms. The molecule has 108 valence electrons. The third kappa shape index (κ3) is 3.87. The molecular weight excluding hydrogens is 299 g/mol. The van der Waals surface area contributed by atoms with Gasteiger partial charge in [0, 0.05) is 21.8 Å². The number of rotatable bonds is 4. The van der Waals surface area contributed by atoms with Crippen molar-refractivity contribution in [3.05, 3.63) is 28.2 Å². The van der Waals surface area contributed by atoms with Crippen molar-refractivity contribution in [2.24, 2.45) is 11.8 Å². The summed E-state index contributed by atoms with van der Waals surface area (Å²) in [4.78, 5) is 23.8. The van der Waals surface area contributed by atoms with Crippen LogP contribution in [0.25, 0.3) is 0 Å². The number of anilines is 1. The number of halogens is 2. The van der Waals surface area contributed by atoms with Crippen LogP contribution in [0.15, 0.2) is 18.2 Å². The molecule has 1 aromatic carbocycles. The second-order valence-electron chi connectivity index (χ2n) is 5.26. The molecule has 1 aliphatic rings. The Kier molecular flexibility index (Phi) is 4.55. The van der Waals surface area contributed by atoms with Crippen LogP contribution in [0.1, 0.15) is 20.3 Å². The van der Waals surface area contributed by atoms with Crippen LogP contribution in [-0.2, 0) is 9.59 Å². The number of carbonyl (C=O) groups is 2. The molecule has 2 N–H and O–H groups in total. The standard InChI is InChI=1S/C14H16Cl2N2O2/c1-7(2)17-13(19)11-6-12(11)14(20)18-10-4-8(15)3-9(16)5-10/h3-5,7,11-12H,6H2,1-2H3,(H,17,19)(H,18,20). The second-order valence-corrected chi connectivity index (χ2v) is 6.13. The maximum Gasteiger partial charge on any atom is 0.228 e. The predicted octanol–water partition coefficient (Wildman–Crippen LogP) is 3.09. The molecule has 2 rings (SSSR count). The molecule has 0 saturated heterocycles. The third-order valence-electron chi connectivity index (χ3n) is 3.03. The molecule has 1 aliphatic carbocycles. The molecule has 2 atom stereocenters. The topological polar surface area (TPSA) is 58.2 Å². The summed E-state index contributed by atoms with van der Waals surface area (Å²) in [6.45, 7) is 3.78. The van der Waals surface area contributed by atoms with Gasteiger partial charge in [0.25, 0.3) is 0 Å². The summed E-state index contributed by atoms with van der Waals surface area (Å²) >= 11 is 11.7. The van der Waals surface area contributed by atoms with Crippen molar-refractivity contribution < 1.29 is 9.59 Å². The highest BCUT2D eigenvalue weighted by Crippen LogP contribution is 2.39. The average Bonchev–Trinajstić information content (AvgIpc) is 3.05. The van der Waals surface area contributed by atoms with Gasteiger partial charge in [-0.05, 0) is 38.5 Å². The number of amides is 2. The molecule has 2 amide bonds. The summed E-state index contributed by atoms with van der Waals surface area (Å²) in [5.74, 6) is -0.741. The summed E-state index contributed by atoms with van der Waals surface area (Å²) in [5.41, 5.74) is 0.544. The predicted molar refractivity (Wildman–Crippen MR) is 80.0 cm³/mol. The molecular formula is C14H16Cl2N2O2. The number of hydrogen-bond donors (Lipinski definition) is 2. The molecule has 0 aliphatic heterocycles. The van der Waals surface area contributed by atoms with E-state index in [4.69, 9.17) is 23.2 Å². The van der Waals surface area contributed by atoms with Crippen LogP contribution in [0, 0.1) is 11.8 Å². The summed E-state index contributed by atoms with van der Waals surface area (Å²) in [5, 5.41) is 6.46. The fourth-order valence-electron chi connectivity index (χ4n) is 2.03. The molecule has 1 fully saturated rings. The Bertz CT molecular complexity index is 526. The van der Waals surface area contributed by atoms with Crippen molar-refractivity contribution in [2.45, 2.75) is 26.3 Å². The van der Waals surface area contributed by atoms with Crippen molar-refractivity contribution in [1.29, 1.82) is 0 Å². The molecule has 2 unspecified atom stereocenters. The fraction of sp³-hybridized carbons (Fsp3) is 0.429. The van der Waals surface area contributed by atoms with Gasteiger partial charge in [0.1, 0.15) is 0 Å². The first kappa shape index (κ1) is 15.1. The van der Waals surface area contributed by atoms with E-state index in [1.165, 1.54) is 0 Å². The van der Waals surface area contributed by atoms with Crippen LogP contribution < -0.4 is 10.6 Å². The van der Waals surface area contributed by atoms with E-state index in [0.29, 0.717) is 22.2 Å². The first-order chi connectivity index (χ1) is 9.36. The number of hydrogen-bond acceptors (Lipinski definition) is 2. The van der Waals surface area contributed by atoms with Gasteiger partial charge in [-0.25, -0.2) is 0 Å². The zero-order chi connectivity index (χ0) is 14.9. The fourth-order valence-corrected chi connectivity index (χ4v) is 2.55. The SMILES string of the molecule is CC(C)NC(=O)C1CC1C(=O)Nc1cc(Cl)cc(Cl)c1. The lowest BCUT2D eigenvalue weighted by Gasteiger charge is -2.08. The summed E-state index contributed by atoms with van der Waals surface area (Å²) in [6.07, 6.45) is 0.582. The molecule has 1 saturated carbocycles. The summed E-state index contributed by atoms with van der Waals surface area (Å²) in [7, 11) is 0. The van der Waals surface area contributed by atoms with E-state index in [2.05, 4.69) is 10.6 Å². The zero-order valence-electron chi connectivity index (χ0n) is 11.2. The Morgan fingerprint density at radius 2 is 1.65 bits per heavy atom. The van der Waals surface area contributed by atoms with Gasteiger partial charge in [0.05, 0.1) is 11.8 Å². The molecule has 0 heterocycles. The molecule has 4 nitrogen and oxygen atoms in total. The van der Waals surface area contributed by atoms with Crippen LogP contribution in [0.3, 0.4) is 0 Å². The van der Waals surface area contributed by atoms with Crippen molar-refractivity contribution >= 4 is 40.7 Å². The van der Waals surface area contributed by atoms with Crippen LogP contribution >= 0.6 is 23.2 Å². The molecule has 0 radical (unpaired) electrons. The van der Waals surface area contributed by atoms with E-state index in [-0.39, 0.29) is 29.7 Å². The minimum Gasteiger partial charge on any atom is -0.354 e. The quantitative estimate of drug-likeness (QED) is 0.897. The largest absolute Gasteiger partial charge is 0.354 e. The summed E-state index contributed by atoms with van der Waals surface area (Å²) in [6, 6.07) is 4.92. The first-order valence-electron chi connectivity index (χ1n) is 6.44. The monoisotopic (exact) mass is 314 g/mol. The Morgan fingerprint density at radius 3 is 2.20 bits per heavy atom. The van der Waals surface area contributed by atoms with Crippen LogP contribution in [0.4, 0.5) is 5.69 Å². The van der Waals surface area contributed by atoms with Crippen LogP contribution in [-0.4, -0.2) is 17.9 Å². The Balaban J connectivity index is 1.92. The third-order valence-corrected chi connectivity index (χ3v) is 3.46. The van der Waals surface area contributed by atoms with Crippen molar-refractivity contribution in [3.63, 3.8) is 0 Å². The van der Waals surface area contributed by atoms with Gasteiger partial charge in [-0.3, -0.25) is 9.59 Å². The molecule has 0 spiro atoms. The van der Waals surface area contributed by atoms with Gasteiger partial charge in [-0.2, -0.15) is 0 Å². The highest BCUT2D eigenvalue weighted by Gasteiger charge is 2.48. The van der Waals surface area contributed by atoms with E-state index < -0.39 is 0 Å². The van der Waals surface area contributed by atoms with Gasteiger partial charge >= 0.3 is 0 Å². The lowest BCUT2D eigenvalue weighted by Crippen LogP contribution is -2.32. The first-order valence-corrected chi connectivity index (χ1v) is 7.19. The van der Waals surface area contributed by atoms with Gasteiger partial charge in [0.15, 0.2) is 0 Å². The maximum absolute atomic E-state index is 12.0. The number of nitrogens with one attached hydrogen (secondary N) is 2. The molecule has 0 aromatic heterocycles. The minimum atomic E-state index is -0.272. The van der Waals surface area contributed by atoms with Gasteiger partial charge in [0.2, 0.25) is 11.8 Å². The Morgan fingerprint density at radius 1 is 1.10 bits per heavy atom. The Hall–Kier alpha value is -1.26. The number of benzene rings is 1. The molecule has 0 bridgehead atoms. The minimum absolute atomic E-state index is 0.0655. The van der Waals surface area contributed by atoms with Crippen molar-refractivity contribution in [2.75, 3.05) is 5.32 Å². The highest BCUT2D eigenvalue weighted by atomic mass is 35.5. The van der Waals surface area contributed by atoms with Gasteiger partial charge in [-0.1, -0.05) is 23.2 Å². The maximum atomic E-state index is 12.0. The lowest BCUT2D eigenvalue weighted by atomic mass is 10.2. The van der Waals surface area contributed by atoms with Crippen molar-refractivity contribution in [3.8, 4) is 0 Å². The van der Waals surface area contributed by atoms with E-state index >= 15 is 0 Å². The average molecular weight is 315 g/mol. The molecule has 20 heavy (non-hydrogen) atoms. The normalized spacial score (nSPS) is 20.6. The highest BCUT2D eigenvalue weighted by molar-refractivity contribution is 6.35.